The molecular formula is C19H19N7O2. The standard InChI is InChI=1S/C19H19N7O2/c1-11-21-15(10-28-11)16-24-17-12-6-2-3-7-13(12)22-19(26(17)25-16)23-14-8-4-5-9-20-18(14)27/h2-3,6-7,10,14H,4-5,8-9H2,1H3,(H,20,27)(H,22,23)/t14-/m1/s1. The van der Waals surface area contributed by atoms with Crippen LogP contribution in [0.15, 0.2) is 34.9 Å². The predicted molar refractivity (Wildman–Crippen MR) is 103 cm³/mol. The average Bonchev–Trinajstić information content (AvgIpc) is 3.28. The van der Waals surface area contributed by atoms with Gasteiger partial charge in [0.2, 0.25) is 17.7 Å². The van der Waals surface area contributed by atoms with E-state index in [2.05, 4.69) is 25.7 Å². The number of rotatable bonds is 3. The fourth-order valence-corrected chi connectivity index (χ4v) is 3.46. The summed E-state index contributed by atoms with van der Waals surface area (Å²) in [6, 6.07) is 7.37. The van der Waals surface area contributed by atoms with Crippen molar-refractivity contribution in [3.05, 3.63) is 36.4 Å². The van der Waals surface area contributed by atoms with E-state index in [1.807, 2.05) is 24.3 Å². The smallest absolute Gasteiger partial charge is 0.242 e. The number of anilines is 1. The zero-order valence-electron chi connectivity index (χ0n) is 15.3. The van der Waals surface area contributed by atoms with Gasteiger partial charge < -0.3 is 15.1 Å². The van der Waals surface area contributed by atoms with E-state index in [9.17, 15) is 4.79 Å². The third-order valence-corrected chi connectivity index (χ3v) is 4.87. The Labute approximate surface area is 160 Å². The number of carbonyl (C=O) groups is 1. The number of aromatic nitrogens is 5. The van der Waals surface area contributed by atoms with Crippen LogP contribution < -0.4 is 10.6 Å². The predicted octanol–water partition coefficient (Wildman–Crippen LogP) is 2.32. The van der Waals surface area contributed by atoms with E-state index >= 15 is 0 Å². The molecule has 1 saturated heterocycles. The minimum atomic E-state index is -0.360. The molecule has 0 spiro atoms. The average molecular weight is 377 g/mol. The van der Waals surface area contributed by atoms with Crippen LogP contribution in [0.1, 0.15) is 25.2 Å². The molecule has 1 aromatic carbocycles. The molecule has 0 radical (unpaired) electrons. The van der Waals surface area contributed by atoms with Crippen LogP contribution in [-0.2, 0) is 4.79 Å². The maximum Gasteiger partial charge on any atom is 0.242 e. The van der Waals surface area contributed by atoms with Crippen LogP contribution in [-0.4, -0.2) is 43.1 Å². The van der Waals surface area contributed by atoms with Crippen molar-refractivity contribution in [1.29, 1.82) is 0 Å². The second kappa shape index (κ2) is 6.59. The van der Waals surface area contributed by atoms with Crippen molar-refractivity contribution in [3.63, 3.8) is 0 Å². The van der Waals surface area contributed by atoms with E-state index in [4.69, 9.17) is 9.40 Å². The molecule has 0 unspecified atom stereocenters. The van der Waals surface area contributed by atoms with Crippen LogP contribution in [0, 0.1) is 6.92 Å². The van der Waals surface area contributed by atoms with Gasteiger partial charge in [-0.2, -0.15) is 4.52 Å². The van der Waals surface area contributed by atoms with Crippen LogP contribution in [0.3, 0.4) is 0 Å². The van der Waals surface area contributed by atoms with Gasteiger partial charge in [-0.1, -0.05) is 12.1 Å². The highest BCUT2D eigenvalue weighted by atomic mass is 16.3. The van der Waals surface area contributed by atoms with Crippen LogP contribution >= 0.6 is 0 Å². The maximum atomic E-state index is 12.4. The Hall–Kier alpha value is -3.49. The number of aryl methyl sites for hydroxylation is 1. The maximum absolute atomic E-state index is 12.4. The molecule has 5 rings (SSSR count). The molecule has 1 aliphatic heterocycles. The van der Waals surface area contributed by atoms with Gasteiger partial charge in [0, 0.05) is 18.9 Å². The summed E-state index contributed by atoms with van der Waals surface area (Å²) in [5.74, 6) is 1.46. The first-order chi connectivity index (χ1) is 13.7. The molecule has 2 N–H and O–H groups in total. The van der Waals surface area contributed by atoms with Crippen LogP contribution in [0.4, 0.5) is 5.95 Å². The van der Waals surface area contributed by atoms with Gasteiger partial charge in [-0.05, 0) is 31.4 Å². The normalized spacial score (nSPS) is 17.6. The highest BCUT2D eigenvalue weighted by molar-refractivity contribution is 5.93. The summed E-state index contributed by atoms with van der Waals surface area (Å²) in [6.07, 6.45) is 4.22. The van der Waals surface area contributed by atoms with Gasteiger partial charge in [0.25, 0.3) is 0 Å². The number of carbonyl (C=O) groups excluding carboxylic acids is 1. The SMILES string of the molecule is Cc1nc(-c2nc3c4ccccc4nc(N[C@@H]4CCCCNC4=O)n3n2)co1. The molecule has 0 bridgehead atoms. The van der Waals surface area contributed by atoms with Crippen LogP contribution in [0.5, 0.6) is 0 Å². The first kappa shape index (κ1) is 16.7. The van der Waals surface area contributed by atoms with Gasteiger partial charge >= 0.3 is 0 Å². The Morgan fingerprint density at radius 3 is 2.96 bits per heavy atom. The lowest BCUT2D eigenvalue weighted by Crippen LogP contribution is -2.38. The second-order valence-corrected chi connectivity index (χ2v) is 6.86. The van der Waals surface area contributed by atoms with Crippen molar-refractivity contribution in [2.24, 2.45) is 0 Å². The fraction of sp³-hybridized carbons (Fsp3) is 0.316. The molecule has 1 amide bonds. The number of hydrogen-bond acceptors (Lipinski definition) is 7. The first-order valence-corrected chi connectivity index (χ1v) is 9.31. The topological polar surface area (TPSA) is 110 Å². The summed E-state index contributed by atoms with van der Waals surface area (Å²) in [7, 11) is 0. The van der Waals surface area contributed by atoms with Crippen molar-refractivity contribution < 1.29 is 9.21 Å². The Balaban J connectivity index is 1.66. The zero-order valence-corrected chi connectivity index (χ0v) is 15.3. The minimum absolute atomic E-state index is 0.0203. The van der Waals surface area contributed by atoms with Gasteiger partial charge in [-0.15, -0.1) is 5.10 Å². The molecule has 9 nitrogen and oxygen atoms in total. The number of oxazole rings is 1. The Morgan fingerprint density at radius 2 is 2.11 bits per heavy atom. The number of hydrogen-bond donors (Lipinski definition) is 2. The highest BCUT2D eigenvalue weighted by Gasteiger charge is 2.23. The Bertz CT molecular complexity index is 1180. The van der Waals surface area contributed by atoms with E-state index < -0.39 is 0 Å². The van der Waals surface area contributed by atoms with Crippen LogP contribution in [0.25, 0.3) is 28.1 Å². The summed E-state index contributed by atoms with van der Waals surface area (Å²) in [6.45, 7) is 2.48. The van der Waals surface area contributed by atoms with Crippen molar-refractivity contribution in [2.45, 2.75) is 32.2 Å². The van der Waals surface area contributed by atoms with E-state index in [0.717, 1.165) is 30.2 Å². The number of nitrogens with one attached hydrogen (secondary N) is 2. The van der Waals surface area contributed by atoms with Gasteiger partial charge in [0.05, 0.1) is 5.52 Å². The van der Waals surface area contributed by atoms with E-state index in [0.29, 0.717) is 35.5 Å². The summed E-state index contributed by atoms with van der Waals surface area (Å²) in [5.41, 5.74) is 1.99. The Kier molecular flexibility index (Phi) is 3.92. The Morgan fingerprint density at radius 1 is 1.21 bits per heavy atom. The number of benzene rings is 1. The molecule has 1 aliphatic rings. The highest BCUT2D eigenvalue weighted by Crippen LogP contribution is 2.24. The number of fused-ring (bicyclic) bond motifs is 3. The van der Waals surface area contributed by atoms with E-state index in [1.165, 1.54) is 6.26 Å². The summed E-state index contributed by atoms with van der Waals surface area (Å²) < 4.78 is 6.94. The lowest BCUT2D eigenvalue weighted by Gasteiger charge is -2.16. The fourth-order valence-electron chi connectivity index (χ4n) is 3.46. The largest absolute Gasteiger partial charge is 0.449 e. The van der Waals surface area contributed by atoms with Crippen LogP contribution in [0.2, 0.25) is 0 Å². The molecule has 28 heavy (non-hydrogen) atoms. The quantitative estimate of drug-likeness (QED) is 0.564. The lowest BCUT2D eigenvalue weighted by molar-refractivity contribution is -0.121. The number of para-hydroxylation sites is 1. The third kappa shape index (κ3) is 2.84. The zero-order chi connectivity index (χ0) is 19.1. The molecule has 9 heteroatoms. The molecule has 1 fully saturated rings. The molecule has 4 aromatic rings. The van der Waals surface area contributed by atoms with E-state index in [1.54, 1.807) is 11.4 Å². The van der Waals surface area contributed by atoms with Crippen molar-refractivity contribution >= 4 is 28.4 Å². The van der Waals surface area contributed by atoms with Gasteiger partial charge in [0.1, 0.15) is 18.0 Å². The van der Waals surface area contributed by atoms with E-state index in [-0.39, 0.29) is 11.9 Å². The second-order valence-electron chi connectivity index (χ2n) is 6.86. The van der Waals surface area contributed by atoms with Gasteiger partial charge in [-0.3, -0.25) is 4.79 Å². The van der Waals surface area contributed by atoms with Gasteiger partial charge in [-0.25, -0.2) is 15.0 Å². The monoisotopic (exact) mass is 377 g/mol. The molecular weight excluding hydrogens is 358 g/mol. The summed E-state index contributed by atoms with van der Waals surface area (Å²) in [4.78, 5) is 26.1. The molecule has 4 heterocycles. The summed E-state index contributed by atoms with van der Waals surface area (Å²) >= 11 is 0. The summed E-state index contributed by atoms with van der Waals surface area (Å²) in [5, 5.41) is 11.7. The third-order valence-electron chi connectivity index (χ3n) is 4.87. The molecule has 3 aromatic heterocycles. The first-order valence-electron chi connectivity index (χ1n) is 9.31. The molecule has 0 aliphatic carbocycles. The molecule has 0 saturated carbocycles. The number of amides is 1. The van der Waals surface area contributed by atoms with Gasteiger partial charge in [0.15, 0.2) is 11.5 Å². The van der Waals surface area contributed by atoms with Crippen molar-refractivity contribution in [1.82, 2.24) is 29.9 Å². The molecule has 142 valence electrons. The lowest BCUT2D eigenvalue weighted by atomic mass is 10.1. The van der Waals surface area contributed by atoms with Crippen molar-refractivity contribution in [3.8, 4) is 11.5 Å². The number of nitrogens with zero attached hydrogens (tertiary/aromatic N) is 5. The van der Waals surface area contributed by atoms with Crippen molar-refractivity contribution in [2.75, 3.05) is 11.9 Å². The molecule has 1 atom stereocenters. The minimum Gasteiger partial charge on any atom is -0.449 e.